The van der Waals surface area contributed by atoms with E-state index in [0.29, 0.717) is 0 Å². The maximum absolute atomic E-state index is 11.8. The second-order valence-electron chi connectivity index (χ2n) is 6.72. The lowest BCUT2D eigenvalue weighted by atomic mass is 9.64. The van der Waals surface area contributed by atoms with E-state index in [0.717, 1.165) is 22.3 Å². The molecular formula is C26H22O. The normalized spacial score (nSPS) is 12.5. The van der Waals surface area contributed by atoms with E-state index in [2.05, 4.69) is 36.4 Å². The molecule has 1 nitrogen and oxygen atoms in total. The Kier molecular flexibility index (Phi) is 4.86. The van der Waals surface area contributed by atoms with Crippen LogP contribution in [0.3, 0.4) is 0 Å². The molecule has 0 fully saturated rings. The first-order valence-corrected chi connectivity index (χ1v) is 9.23. The van der Waals surface area contributed by atoms with Crippen LogP contribution < -0.4 is 0 Å². The number of aliphatic hydroxyl groups is 1. The lowest BCUT2D eigenvalue weighted by molar-refractivity contribution is 0.122. The first kappa shape index (κ1) is 17.3. The van der Waals surface area contributed by atoms with Gasteiger partial charge in [-0.1, -0.05) is 121 Å². The van der Waals surface area contributed by atoms with E-state index in [1.54, 1.807) is 0 Å². The number of benzene rings is 4. The molecule has 0 heterocycles. The van der Waals surface area contributed by atoms with Gasteiger partial charge in [-0.3, -0.25) is 0 Å². The van der Waals surface area contributed by atoms with Crippen molar-refractivity contribution in [3.8, 4) is 0 Å². The van der Waals surface area contributed by atoms with Crippen molar-refractivity contribution >= 4 is 0 Å². The summed E-state index contributed by atoms with van der Waals surface area (Å²) in [6.07, 6.45) is -0.731. The predicted octanol–water partition coefficient (Wildman–Crippen LogP) is 5.75. The Morgan fingerprint density at radius 3 is 1.07 bits per heavy atom. The number of hydrogen-bond donors (Lipinski definition) is 1. The van der Waals surface area contributed by atoms with Gasteiger partial charge in [-0.15, -0.1) is 0 Å². The van der Waals surface area contributed by atoms with E-state index in [1.165, 1.54) is 0 Å². The highest BCUT2D eigenvalue weighted by Crippen LogP contribution is 2.48. The van der Waals surface area contributed by atoms with Gasteiger partial charge in [0.25, 0.3) is 0 Å². The Bertz CT molecular complexity index is 867. The van der Waals surface area contributed by atoms with Gasteiger partial charge < -0.3 is 5.11 Å². The average Bonchev–Trinajstić information content (AvgIpc) is 2.77. The Morgan fingerprint density at radius 1 is 0.444 bits per heavy atom. The molecule has 1 N–H and O–H groups in total. The first-order chi connectivity index (χ1) is 13.3. The van der Waals surface area contributed by atoms with Crippen molar-refractivity contribution in [1.29, 1.82) is 0 Å². The van der Waals surface area contributed by atoms with Crippen molar-refractivity contribution in [3.63, 3.8) is 0 Å². The minimum atomic E-state index is -0.731. The van der Waals surface area contributed by atoms with Gasteiger partial charge in [-0.2, -0.15) is 0 Å². The zero-order valence-electron chi connectivity index (χ0n) is 15.1. The molecule has 4 aromatic rings. The van der Waals surface area contributed by atoms with Gasteiger partial charge in [0.1, 0.15) is 0 Å². The topological polar surface area (TPSA) is 20.2 Å². The molecule has 0 aliphatic carbocycles. The summed E-state index contributed by atoms with van der Waals surface area (Å²) in [4.78, 5) is 0. The highest BCUT2D eigenvalue weighted by Gasteiger charge is 2.43. The van der Waals surface area contributed by atoms with Crippen LogP contribution in [0, 0.1) is 0 Å². The van der Waals surface area contributed by atoms with Crippen LogP contribution in [-0.2, 0) is 5.41 Å². The largest absolute Gasteiger partial charge is 0.387 e. The molecule has 1 unspecified atom stereocenters. The molecule has 0 radical (unpaired) electrons. The van der Waals surface area contributed by atoms with Crippen LogP contribution in [0.5, 0.6) is 0 Å². The van der Waals surface area contributed by atoms with Crippen molar-refractivity contribution in [2.45, 2.75) is 11.5 Å². The van der Waals surface area contributed by atoms with Crippen molar-refractivity contribution in [1.82, 2.24) is 0 Å². The molecule has 0 saturated carbocycles. The van der Waals surface area contributed by atoms with Crippen molar-refractivity contribution in [2.24, 2.45) is 0 Å². The zero-order valence-corrected chi connectivity index (χ0v) is 15.1. The Labute approximate surface area is 160 Å². The Balaban J connectivity index is 2.07. The predicted molar refractivity (Wildman–Crippen MR) is 111 cm³/mol. The van der Waals surface area contributed by atoms with E-state index >= 15 is 0 Å². The van der Waals surface area contributed by atoms with Gasteiger partial charge >= 0.3 is 0 Å². The standard InChI is InChI=1S/C26H22O/c27-25(21-13-5-1-6-14-21)26(22-15-7-2-8-16-22,23-17-9-3-10-18-23)24-19-11-4-12-20-24/h1-20,25,27H. The number of rotatable bonds is 5. The number of hydrogen-bond acceptors (Lipinski definition) is 1. The Hall–Kier alpha value is -3.16. The van der Waals surface area contributed by atoms with Crippen LogP contribution in [0.1, 0.15) is 28.4 Å². The molecule has 1 atom stereocenters. The maximum Gasteiger partial charge on any atom is 0.0968 e. The van der Waals surface area contributed by atoms with Crippen molar-refractivity contribution < 1.29 is 5.11 Å². The lowest BCUT2D eigenvalue weighted by Gasteiger charge is -2.40. The van der Waals surface area contributed by atoms with E-state index < -0.39 is 11.5 Å². The van der Waals surface area contributed by atoms with Gasteiger partial charge in [0.15, 0.2) is 0 Å². The average molecular weight is 350 g/mol. The van der Waals surface area contributed by atoms with Crippen LogP contribution in [0.2, 0.25) is 0 Å². The first-order valence-electron chi connectivity index (χ1n) is 9.23. The van der Waals surface area contributed by atoms with E-state index in [-0.39, 0.29) is 0 Å². The van der Waals surface area contributed by atoms with Gasteiger partial charge in [-0.05, 0) is 22.3 Å². The second-order valence-corrected chi connectivity index (χ2v) is 6.72. The molecular weight excluding hydrogens is 328 g/mol. The van der Waals surface area contributed by atoms with Gasteiger partial charge in [0.2, 0.25) is 0 Å². The molecule has 1 heteroatoms. The fourth-order valence-corrected chi connectivity index (χ4v) is 3.96. The second kappa shape index (κ2) is 7.61. The highest BCUT2D eigenvalue weighted by molar-refractivity contribution is 5.53. The third kappa shape index (κ3) is 3.07. The summed E-state index contributed by atoms with van der Waals surface area (Å²) >= 11 is 0. The summed E-state index contributed by atoms with van der Waals surface area (Å²) in [5.74, 6) is 0. The Morgan fingerprint density at radius 2 is 0.741 bits per heavy atom. The lowest BCUT2D eigenvalue weighted by Crippen LogP contribution is -2.36. The van der Waals surface area contributed by atoms with Crippen LogP contribution >= 0.6 is 0 Å². The molecule has 0 bridgehead atoms. The monoisotopic (exact) mass is 350 g/mol. The van der Waals surface area contributed by atoms with E-state index in [9.17, 15) is 5.11 Å². The molecule has 4 aromatic carbocycles. The van der Waals surface area contributed by atoms with Gasteiger partial charge in [0.05, 0.1) is 11.5 Å². The molecule has 27 heavy (non-hydrogen) atoms. The summed E-state index contributed by atoms with van der Waals surface area (Å²) in [6, 6.07) is 40.8. The van der Waals surface area contributed by atoms with Crippen molar-refractivity contribution in [3.05, 3.63) is 144 Å². The summed E-state index contributed by atoms with van der Waals surface area (Å²) in [5, 5.41) is 11.8. The van der Waals surface area contributed by atoms with Crippen molar-refractivity contribution in [2.75, 3.05) is 0 Å². The molecule has 0 aliphatic heterocycles. The molecule has 0 spiro atoms. The summed E-state index contributed by atoms with van der Waals surface area (Å²) in [6.45, 7) is 0. The van der Waals surface area contributed by atoms with Gasteiger partial charge in [0, 0.05) is 0 Å². The molecule has 4 rings (SSSR count). The van der Waals surface area contributed by atoms with Crippen LogP contribution in [0.4, 0.5) is 0 Å². The highest BCUT2D eigenvalue weighted by atomic mass is 16.3. The van der Waals surface area contributed by atoms with Crippen LogP contribution in [0.25, 0.3) is 0 Å². The summed E-state index contributed by atoms with van der Waals surface area (Å²) < 4.78 is 0. The number of aliphatic hydroxyl groups excluding tert-OH is 1. The smallest absolute Gasteiger partial charge is 0.0968 e. The maximum atomic E-state index is 11.8. The fraction of sp³-hybridized carbons (Fsp3) is 0.0769. The zero-order chi connectivity index (χ0) is 18.5. The van der Waals surface area contributed by atoms with Crippen LogP contribution in [-0.4, -0.2) is 5.11 Å². The quantitative estimate of drug-likeness (QED) is 0.454. The van der Waals surface area contributed by atoms with E-state index in [4.69, 9.17) is 0 Å². The SMILES string of the molecule is OC(c1ccccc1)C(c1ccccc1)(c1ccccc1)c1ccccc1. The summed E-state index contributed by atoms with van der Waals surface area (Å²) in [7, 11) is 0. The molecule has 0 amide bonds. The molecule has 0 aromatic heterocycles. The minimum absolute atomic E-state index is 0.703. The third-order valence-corrected chi connectivity index (χ3v) is 5.21. The molecule has 0 aliphatic rings. The fourth-order valence-electron chi connectivity index (χ4n) is 3.96. The third-order valence-electron chi connectivity index (χ3n) is 5.21. The van der Waals surface area contributed by atoms with Gasteiger partial charge in [-0.25, -0.2) is 0 Å². The van der Waals surface area contributed by atoms with E-state index in [1.807, 2.05) is 84.9 Å². The minimum Gasteiger partial charge on any atom is -0.387 e. The summed E-state index contributed by atoms with van der Waals surface area (Å²) in [5.41, 5.74) is 3.40. The molecule has 0 saturated heterocycles. The molecule has 132 valence electrons. The van der Waals surface area contributed by atoms with Crippen LogP contribution in [0.15, 0.2) is 121 Å².